The third kappa shape index (κ3) is 4.10. The van der Waals surface area contributed by atoms with Crippen molar-refractivity contribution in [2.45, 2.75) is 13.2 Å². The van der Waals surface area contributed by atoms with E-state index in [-0.39, 0.29) is 13.2 Å². The summed E-state index contributed by atoms with van der Waals surface area (Å²) in [6.45, 7) is 0.323. The van der Waals surface area contributed by atoms with Gasteiger partial charge in [-0.2, -0.15) is 0 Å². The molecule has 0 aromatic heterocycles. The maximum absolute atomic E-state index is 11.7. The third-order valence-corrected chi connectivity index (χ3v) is 3.56. The van der Waals surface area contributed by atoms with Gasteiger partial charge in [0.25, 0.3) is 0 Å². The van der Waals surface area contributed by atoms with Crippen LogP contribution in [0.2, 0.25) is 0 Å². The molecule has 106 valence electrons. The van der Waals surface area contributed by atoms with E-state index in [1.807, 2.05) is 36.4 Å². The highest BCUT2D eigenvalue weighted by atomic mass is 31.1. The fourth-order valence-electron chi connectivity index (χ4n) is 1.65. The van der Waals surface area contributed by atoms with Crippen molar-refractivity contribution in [3.05, 3.63) is 59.7 Å². The van der Waals surface area contributed by atoms with Gasteiger partial charge in [0.05, 0.1) is 13.2 Å². The standard InChI is InChI=1S/C14H17N2O3P/c15-13-7-3-1-5-11(13)9-18-20(17)19-10-12-6-2-4-8-14(12)16/h1-8,20H,9-10,15-16H2. The van der Waals surface area contributed by atoms with E-state index in [0.29, 0.717) is 11.4 Å². The molecule has 0 unspecified atom stereocenters. The van der Waals surface area contributed by atoms with Gasteiger partial charge < -0.3 is 20.5 Å². The van der Waals surface area contributed by atoms with Gasteiger partial charge in [0, 0.05) is 22.5 Å². The Labute approximate surface area is 118 Å². The average molecular weight is 292 g/mol. The monoisotopic (exact) mass is 292 g/mol. The number of nitrogens with two attached hydrogens (primary N) is 2. The summed E-state index contributed by atoms with van der Waals surface area (Å²) in [5, 5.41) is 0. The molecule has 0 aliphatic carbocycles. The van der Waals surface area contributed by atoms with Crippen LogP contribution in [-0.4, -0.2) is 0 Å². The molecule has 6 heteroatoms. The van der Waals surface area contributed by atoms with E-state index >= 15 is 0 Å². The van der Waals surface area contributed by atoms with E-state index in [1.165, 1.54) is 0 Å². The molecule has 0 saturated carbocycles. The van der Waals surface area contributed by atoms with E-state index in [1.54, 1.807) is 12.1 Å². The largest absolute Gasteiger partial charge is 0.398 e. The van der Waals surface area contributed by atoms with Crippen molar-refractivity contribution in [1.82, 2.24) is 0 Å². The molecule has 0 radical (unpaired) electrons. The van der Waals surface area contributed by atoms with E-state index in [0.717, 1.165) is 11.1 Å². The minimum Gasteiger partial charge on any atom is -0.398 e. The molecular formula is C14H17N2O3P. The van der Waals surface area contributed by atoms with Gasteiger partial charge in [0.15, 0.2) is 0 Å². The van der Waals surface area contributed by atoms with Crippen molar-refractivity contribution in [2.24, 2.45) is 0 Å². The first-order chi connectivity index (χ1) is 9.66. The van der Waals surface area contributed by atoms with Gasteiger partial charge in [0.1, 0.15) is 0 Å². The number of benzene rings is 2. The first-order valence-electron chi connectivity index (χ1n) is 6.13. The highest BCUT2D eigenvalue weighted by molar-refractivity contribution is 7.33. The quantitative estimate of drug-likeness (QED) is 0.631. The molecule has 0 aliphatic heterocycles. The van der Waals surface area contributed by atoms with Crippen LogP contribution >= 0.6 is 8.25 Å². The van der Waals surface area contributed by atoms with Crippen LogP contribution in [0.3, 0.4) is 0 Å². The Morgan fingerprint density at radius 2 is 1.20 bits per heavy atom. The van der Waals surface area contributed by atoms with Crippen molar-refractivity contribution in [1.29, 1.82) is 0 Å². The van der Waals surface area contributed by atoms with Crippen LogP contribution < -0.4 is 11.5 Å². The molecule has 0 saturated heterocycles. The molecule has 20 heavy (non-hydrogen) atoms. The lowest BCUT2D eigenvalue weighted by Gasteiger charge is -2.08. The van der Waals surface area contributed by atoms with Crippen LogP contribution in [0.15, 0.2) is 48.5 Å². The van der Waals surface area contributed by atoms with Crippen LogP contribution in [0.25, 0.3) is 0 Å². The van der Waals surface area contributed by atoms with Gasteiger partial charge in [-0.25, -0.2) is 0 Å². The van der Waals surface area contributed by atoms with Gasteiger partial charge >= 0.3 is 8.25 Å². The van der Waals surface area contributed by atoms with E-state index in [4.69, 9.17) is 20.5 Å². The number of rotatable bonds is 6. The normalized spacial score (nSPS) is 10.8. The molecule has 0 aliphatic rings. The number of hydrogen-bond acceptors (Lipinski definition) is 5. The van der Waals surface area contributed by atoms with E-state index in [9.17, 15) is 4.57 Å². The molecule has 2 aromatic carbocycles. The molecular weight excluding hydrogens is 275 g/mol. The van der Waals surface area contributed by atoms with Gasteiger partial charge in [-0.1, -0.05) is 36.4 Å². The summed E-state index contributed by atoms with van der Waals surface area (Å²) in [4.78, 5) is 0. The number of para-hydroxylation sites is 2. The number of hydrogen-bond donors (Lipinski definition) is 2. The summed E-state index contributed by atoms with van der Waals surface area (Å²) < 4.78 is 22.0. The average Bonchev–Trinajstić information content (AvgIpc) is 2.45. The van der Waals surface area contributed by atoms with Crippen molar-refractivity contribution < 1.29 is 13.6 Å². The fraction of sp³-hybridized carbons (Fsp3) is 0.143. The predicted molar refractivity (Wildman–Crippen MR) is 80.3 cm³/mol. The van der Waals surface area contributed by atoms with Gasteiger partial charge in [-0.3, -0.25) is 4.57 Å². The molecule has 5 nitrogen and oxygen atoms in total. The highest BCUT2D eigenvalue weighted by Crippen LogP contribution is 2.29. The molecule has 0 atom stereocenters. The van der Waals surface area contributed by atoms with Crippen molar-refractivity contribution in [3.63, 3.8) is 0 Å². The Hall–Kier alpha value is -1.81. The smallest absolute Gasteiger partial charge is 0.319 e. The van der Waals surface area contributed by atoms with Gasteiger partial charge in [-0.15, -0.1) is 0 Å². The Morgan fingerprint density at radius 1 is 0.800 bits per heavy atom. The zero-order valence-electron chi connectivity index (χ0n) is 10.9. The lowest BCUT2D eigenvalue weighted by molar-refractivity contribution is 0.213. The van der Waals surface area contributed by atoms with Crippen LogP contribution in [0.4, 0.5) is 11.4 Å². The summed E-state index contributed by atoms with van der Waals surface area (Å²) in [6.07, 6.45) is 0. The SMILES string of the molecule is Nc1ccccc1CO[PH](=O)OCc1ccccc1N. The van der Waals surface area contributed by atoms with Crippen molar-refractivity contribution >= 4 is 19.6 Å². The first-order valence-corrected chi connectivity index (χ1v) is 7.35. The van der Waals surface area contributed by atoms with Gasteiger partial charge in [-0.05, 0) is 12.1 Å². The van der Waals surface area contributed by atoms with Crippen LogP contribution in [-0.2, 0) is 26.8 Å². The lowest BCUT2D eigenvalue weighted by Crippen LogP contribution is -1.96. The second-order valence-corrected chi connectivity index (χ2v) is 5.30. The Bertz CT molecular complexity index is 553. The van der Waals surface area contributed by atoms with Gasteiger partial charge in [0.2, 0.25) is 0 Å². The summed E-state index contributed by atoms with van der Waals surface area (Å²) in [5.41, 5.74) is 14.3. The predicted octanol–water partition coefficient (Wildman–Crippen LogP) is 2.97. The molecule has 2 aromatic rings. The molecule has 0 amide bonds. The molecule has 0 bridgehead atoms. The molecule has 0 heterocycles. The fourth-order valence-corrected chi connectivity index (χ4v) is 2.28. The Morgan fingerprint density at radius 3 is 1.60 bits per heavy atom. The van der Waals surface area contributed by atoms with Crippen LogP contribution in [0, 0.1) is 0 Å². The maximum Gasteiger partial charge on any atom is 0.319 e. The van der Waals surface area contributed by atoms with Crippen molar-refractivity contribution in [2.75, 3.05) is 11.5 Å². The zero-order chi connectivity index (χ0) is 14.4. The highest BCUT2D eigenvalue weighted by Gasteiger charge is 2.05. The van der Waals surface area contributed by atoms with E-state index in [2.05, 4.69) is 0 Å². The second-order valence-electron chi connectivity index (χ2n) is 4.22. The zero-order valence-corrected chi connectivity index (χ0v) is 11.9. The number of nitrogen functional groups attached to an aromatic ring is 2. The summed E-state index contributed by atoms with van der Waals surface area (Å²) in [5.74, 6) is 0. The minimum absolute atomic E-state index is 0.161. The first kappa shape index (κ1) is 14.6. The Kier molecular flexibility index (Phi) is 5.18. The van der Waals surface area contributed by atoms with Crippen molar-refractivity contribution in [3.8, 4) is 0 Å². The number of anilines is 2. The Balaban J connectivity index is 1.82. The van der Waals surface area contributed by atoms with Crippen LogP contribution in [0.5, 0.6) is 0 Å². The lowest BCUT2D eigenvalue weighted by atomic mass is 10.2. The summed E-state index contributed by atoms with van der Waals surface area (Å²) >= 11 is 0. The molecule has 0 fully saturated rings. The maximum atomic E-state index is 11.7. The van der Waals surface area contributed by atoms with Crippen LogP contribution in [0.1, 0.15) is 11.1 Å². The topological polar surface area (TPSA) is 87.6 Å². The van der Waals surface area contributed by atoms with E-state index < -0.39 is 8.25 Å². The second kappa shape index (κ2) is 7.10. The summed E-state index contributed by atoms with van der Waals surface area (Å²) in [6, 6.07) is 14.5. The minimum atomic E-state index is -2.58. The summed E-state index contributed by atoms with van der Waals surface area (Å²) in [7, 11) is -2.58. The molecule has 0 spiro atoms. The third-order valence-electron chi connectivity index (χ3n) is 2.80. The molecule has 2 rings (SSSR count). The molecule has 4 N–H and O–H groups in total.